The van der Waals surface area contributed by atoms with Crippen molar-refractivity contribution in [1.82, 2.24) is 20.4 Å². The third-order valence-corrected chi connectivity index (χ3v) is 10.7. The topological polar surface area (TPSA) is 116 Å². The number of nitrogens with one attached hydrogen (secondary N) is 2. The molecular formula is C32H32F4N8O2S2. The molecule has 1 unspecified atom stereocenters. The molecule has 4 heterocycles. The highest BCUT2D eigenvalue weighted by Crippen LogP contribution is 2.43. The van der Waals surface area contributed by atoms with Crippen LogP contribution in [0, 0.1) is 0 Å². The Hall–Kier alpha value is -4.18. The Morgan fingerprint density at radius 3 is 1.56 bits per heavy atom. The van der Waals surface area contributed by atoms with Crippen molar-refractivity contribution in [2.24, 2.45) is 0 Å². The van der Waals surface area contributed by atoms with Gasteiger partial charge in [0.25, 0.3) is 11.8 Å². The summed E-state index contributed by atoms with van der Waals surface area (Å²) in [6.45, 7) is -1.28. The van der Waals surface area contributed by atoms with Crippen molar-refractivity contribution in [1.29, 1.82) is 0 Å². The average Bonchev–Trinajstić information content (AvgIpc) is 3.69. The smallest absolute Gasteiger partial charge is 0.282 e. The highest BCUT2D eigenvalue weighted by atomic mass is 32.1. The van der Waals surface area contributed by atoms with Gasteiger partial charge in [0.15, 0.2) is 0 Å². The predicted octanol–water partition coefficient (Wildman–Crippen LogP) is 6.10. The number of benzene rings is 2. The van der Waals surface area contributed by atoms with Gasteiger partial charge in [-0.3, -0.25) is 9.59 Å². The van der Waals surface area contributed by atoms with E-state index in [1.54, 1.807) is 58.3 Å². The Bertz CT molecular complexity index is 1670. The largest absolute Gasteiger partial charge is 0.359 e. The lowest BCUT2D eigenvalue weighted by molar-refractivity contribution is -0.116. The maximum atomic E-state index is 13.3. The fourth-order valence-corrected chi connectivity index (χ4v) is 8.17. The number of nitrogens with zero attached hydrogens (tertiary/aromatic N) is 6. The molecule has 2 amide bonds. The summed E-state index contributed by atoms with van der Waals surface area (Å²) in [5.74, 6) is -5.59. The van der Waals surface area contributed by atoms with Gasteiger partial charge < -0.3 is 20.4 Å². The molecule has 3 aliphatic rings. The molecule has 1 saturated carbocycles. The van der Waals surface area contributed by atoms with Gasteiger partial charge >= 0.3 is 0 Å². The fourth-order valence-electron chi connectivity index (χ4n) is 6.35. The minimum Gasteiger partial charge on any atom is -0.359 e. The summed E-state index contributed by atoms with van der Waals surface area (Å²) in [6.07, 6.45) is 3.77. The highest BCUT2D eigenvalue weighted by molar-refractivity contribution is 7.15. The quantitative estimate of drug-likeness (QED) is 0.191. The van der Waals surface area contributed by atoms with E-state index in [4.69, 9.17) is 0 Å². The molecular weight excluding hydrogens is 669 g/mol. The van der Waals surface area contributed by atoms with Crippen molar-refractivity contribution in [2.75, 3.05) is 46.6 Å². The van der Waals surface area contributed by atoms with Crippen LogP contribution in [-0.4, -0.2) is 70.2 Å². The van der Waals surface area contributed by atoms with E-state index >= 15 is 0 Å². The van der Waals surface area contributed by atoms with Crippen LogP contribution in [0.5, 0.6) is 0 Å². The summed E-state index contributed by atoms with van der Waals surface area (Å²) < 4.78 is 53.1. The lowest BCUT2D eigenvalue weighted by Gasteiger charge is -2.40. The van der Waals surface area contributed by atoms with Crippen LogP contribution in [0.1, 0.15) is 58.7 Å². The van der Waals surface area contributed by atoms with Gasteiger partial charge in [-0.05, 0) is 54.7 Å². The van der Waals surface area contributed by atoms with Crippen molar-refractivity contribution in [2.45, 2.75) is 62.2 Å². The summed E-state index contributed by atoms with van der Waals surface area (Å²) >= 11 is 2.69. The minimum absolute atomic E-state index is 0.0842. The first-order valence-corrected chi connectivity index (χ1v) is 17.3. The van der Waals surface area contributed by atoms with Gasteiger partial charge in [0.2, 0.25) is 22.1 Å². The Labute approximate surface area is 281 Å². The van der Waals surface area contributed by atoms with E-state index in [1.807, 2.05) is 0 Å². The van der Waals surface area contributed by atoms with Gasteiger partial charge in [0, 0.05) is 23.2 Å². The molecule has 7 rings (SSSR count). The number of carbonyl (C=O) groups excluding carboxylic acids is 2. The van der Waals surface area contributed by atoms with E-state index in [1.165, 1.54) is 22.7 Å². The van der Waals surface area contributed by atoms with Crippen molar-refractivity contribution in [3.8, 4) is 0 Å². The molecule has 48 heavy (non-hydrogen) atoms. The molecule has 1 aliphatic carbocycles. The summed E-state index contributed by atoms with van der Waals surface area (Å²) in [5, 5.41) is 25.2. The van der Waals surface area contributed by atoms with E-state index in [0.29, 0.717) is 21.6 Å². The molecule has 10 nitrogen and oxygen atoms in total. The molecule has 4 aromatic rings. The number of alkyl halides is 4. The van der Waals surface area contributed by atoms with Crippen LogP contribution in [0.4, 0.5) is 39.2 Å². The summed E-state index contributed by atoms with van der Waals surface area (Å²) in [7, 11) is 0. The van der Waals surface area contributed by atoms with Crippen molar-refractivity contribution < 1.29 is 27.2 Å². The van der Waals surface area contributed by atoms with E-state index in [0.717, 1.165) is 46.8 Å². The number of aromatic nitrogens is 4. The fraction of sp³-hybridized carbons (Fsp3) is 0.438. The third kappa shape index (κ3) is 7.59. The molecule has 2 aliphatic heterocycles. The van der Waals surface area contributed by atoms with Crippen molar-refractivity contribution >= 4 is 56.1 Å². The molecule has 0 bridgehead atoms. The molecule has 3 fully saturated rings. The molecule has 2 N–H and O–H groups in total. The van der Waals surface area contributed by atoms with E-state index in [9.17, 15) is 27.2 Å². The number of carbonyl (C=O) groups is 2. The molecule has 252 valence electrons. The molecule has 2 saturated heterocycles. The van der Waals surface area contributed by atoms with Crippen molar-refractivity contribution in [3.05, 3.63) is 69.7 Å². The highest BCUT2D eigenvalue weighted by Gasteiger charge is 2.44. The number of hydrogen-bond acceptors (Lipinski definition) is 10. The van der Waals surface area contributed by atoms with Crippen LogP contribution in [0.2, 0.25) is 0 Å². The van der Waals surface area contributed by atoms with E-state index in [-0.39, 0.29) is 62.7 Å². The second kappa shape index (κ2) is 13.0. The first kappa shape index (κ1) is 32.4. The van der Waals surface area contributed by atoms with E-state index in [2.05, 4.69) is 31.0 Å². The maximum absolute atomic E-state index is 13.3. The number of rotatable bonds is 10. The number of halogens is 4. The average molecular weight is 701 g/mol. The summed E-state index contributed by atoms with van der Waals surface area (Å²) in [4.78, 5) is 28.7. The second-order valence-electron chi connectivity index (χ2n) is 12.7. The molecule has 16 heteroatoms. The SMILES string of the molecule is O=C(Cc1cccc(N2CC(F)(F)C2)c1)Nc1nnc(C2CCC[C@H](c3nnc(NC(=O)Cc4cccc(N5CC(F)(F)C5)c4)s3)C2)s1. The van der Waals surface area contributed by atoms with Gasteiger partial charge in [-0.1, -0.05) is 53.4 Å². The van der Waals surface area contributed by atoms with Gasteiger partial charge in [-0.2, -0.15) is 0 Å². The normalized spacial score (nSPS) is 21.2. The molecule has 0 spiro atoms. The zero-order valence-corrected chi connectivity index (χ0v) is 27.3. The van der Waals surface area contributed by atoms with Gasteiger partial charge in [0.1, 0.15) is 10.0 Å². The lowest BCUT2D eigenvalue weighted by atomic mass is 9.82. The number of amides is 2. The Morgan fingerprint density at radius 1 is 0.708 bits per heavy atom. The summed E-state index contributed by atoms with van der Waals surface area (Å²) in [6, 6.07) is 14.1. The van der Waals surface area contributed by atoms with E-state index < -0.39 is 11.8 Å². The van der Waals surface area contributed by atoms with Gasteiger partial charge in [0.05, 0.1) is 39.0 Å². The Balaban J connectivity index is 0.899. The monoisotopic (exact) mass is 700 g/mol. The van der Waals surface area contributed by atoms with Crippen LogP contribution in [0.3, 0.4) is 0 Å². The molecule has 2 aromatic carbocycles. The van der Waals surface area contributed by atoms with Crippen LogP contribution in [0.25, 0.3) is 0 Å². The zero-order valence-electron chi connectivity index (χ0n) is 25.7. The van der Waals surface area contributed by atoms with Crippen LogP contribution in [0.15, 0.2) is 48.5 Å². The molecule has 0 radical (unpaired) electrons. The summed E-state index contributed by atoms with van der Waals surface area (Å²) in [5.41, 5.74) is 2.78. The molecule has 2 aromatic heterocycles. The third-order valence-electron chi connectivity index (χ3n) is 8.72. The Kier molecular flexibility index (Phi) is 8.79. The minimum atomic E-state index is -2.67. The first-order chi connectivity index (χ1) is 23.0. The van der Waals surface area contributed by atoms with Crippen LogP contribution in [-0.2, 0) is 22.4 Å². The number of hydrogen-bond donors (Lipinski definition) is 2. The maximum Gasteiger partial charge on any atom is 0.282 e. The Morgan fingerprint density at radius 2 is 1.15 bits per heavy atom. The first-order valence-electron chi connectivity index (χ1n) is 15.7. The van der Waals surface area contributed by atoms with Crippen LogP contribution < -0.4 is 20.4 Å². The second-order valence-corrected chi connectivity index (χ2v) is 14.7. The standard InChI is InChI=1S/C32H32F4N8O2S2/c33-31(34)15-43(16-31)23-8-1-4-19(10-23)12-25(45)37-29-41-39-27(47-29)21-6-3-7-22(14-21)28-40-42-30(48-28)38-26(46)13-20-5-2-9-24(11-20)44-17-32(35,36)18-44/h1-2,4-5,8-11,21-22H,3,6-7,12-18H2,(H,37,41,45)(H,38,42,46)/t21-,22?/m0/s1. The zero-order chi connectivity index (χ0) is 33.5. The van der Waals surface area contributed by atoms with Crippen molar-refractivity contribution in [3.63, 3.8) is 0 Å². The van der Waals surface area contributed by atoms with Crippen LogP contribution >= 0.6 is 22.7 Å². The van der Waals surface area contributed by atoms with Gasteiger partial charge in [-0.25, -0.2) is 17.6 Å². The predicted molar refractivity (Wildman–Crippen MR) is 176 cm³/mol. The lowest BCUT2D eigenvalue weighted by Crippen LogP contribution is -2.56. The molecule has 2 atom stereocenters. The number of anilines is 4. The van der Waals surface area contributed by atoms with Gasteiger partial charge in [-0.15, -0.1) is 20.4 Å².